The molecule has 0 spiro atoms. The molecule has 7 heteroatoms. The Balaban J connectivity index is 1.57. The van der Waals surface area contributed by atoms with Crippen LogP contribution in [-0.2, 0) is 22.7 Å². The molecule has 0 aliphatic carbocycles. The van der Waals surface area contributed by atoms with Gasteiger partial charge in [-0.25, -0.2) is 15.0 Å². The van der Waals surface area contributed by atoms with E-state index in [4.69, 9.17) is 15.0 Å². The summed E-state index contributed by atoms with van der Waals surface area (Å²) in [6.07, 6.45) is 0. The van der Waals surface area contributed by atoms with E-state index in [1.165, 1.54) is 0 Å². The monoisotopic (exact) mass is 535 g/mol. The first kappa shape index (κ1) is 27.4. The van der Waals surface area contributed by atoms with E-state index in [1.54, 1.807) is 9.80 Å². The van der Waals surface area contributed by atoms with Gasteiger partial charge in [0.15, 0.2) is 11.7 Å². The van der Waals surface area contributed by atoms with Gasteiger partial charge in [0, 0.05) is 0 Å². The molecule has 0 N–H and O–H groups in total. The number of nitrogens with zero attached hydrogens (tertiary/aromatic N) is 5. The molecule has 3 heterocycles. The first-order valence-electron chi connectivity index (χ1n) is 13.9. The zero-order valence-electron chi connectivity index (χ0n) is 24.1. The van der Waals surface area contributed by atoms with Crippen molar-refractivity contribution in [2.24, 2.45) is 21.8 Å². The molecule has 2 atom stereocenters. The second kappa shape index (κ2) is 10.5. The summed E-state index contributed by atoms with van der Waals surface area (Å²) in [6, 6.07) is 25.5. The van der Waals surface area contributed by atoms with E-state index in [2.05, 4.69) is 0 Å². The SMILES string of the molecule is CC(C)C1(C)N=C(c2cccc(C3=NC(C)(C(C)C)C(=O)N3Cc3ccccc3)n2)N(Cc2ccccc2)C1=O. The fourth-order valence-electron chi connectivity index (χ4n) is 5.05. The summed E-state index contributed by atoms with van der Waals surface area (Å²) in [4.78, 5) is 46.0. The van der Waals surface area contributed by atoms with Crippen molar-refractivity contribution in [2.45, 2.75) is 65.7 Å². The number of aromatic nitrogens is 1. The number of hydrogen-bond donors (Lipinski definition) is 0. The van der Waals surface area contributed by atoms with Gasteiger partial charge in [0.1, 0.15) is 22.5 Å². The summed E-state index contributed by atoms with van der Waals surface area (Å²) in [7, 11) is 0. The number of hydrogen-bond acceptors (Lipinski definition) is 5. The lowest BCUT2D eigenvalue weighted by atomic mass is 9.89. The van der Waals surface area contributed by atoms with Gasteiger partial charge in [-0.2, -0.15) is 0 Å². The van der Waals surface area contributed by atoms with Crippen molar-refractivity contribution in [3.05, 3.63) is 101 Å². The Bertz CT molecular complexity index is 1370. The molecule has 2 amide bonds. The van der Waals surface area contributed by atoms with E-state index in [0.717, 1.165) is 11.1 Å². The highest BCUT2D eigenvalue weighted by atomic mass is 16.2. The molecule has 40 heavy (non-hydrogen) atoms. The molecule has 0 saturated heterocycles. The molecule has 0 saturated carbocycles. The molecule has 5 rings (SSSR count). The fraction of sp³-hybridized carbons (Fsp3) is 0.364. The molecule has 2 aliphatic rings. The Morgan fingerprint density at radius 2 is 0.975 bits per heavy atom. The summed E-state index contributed by atoms with van der Waals surface area (Å²) >= 11 is 0. The van der Waals surface area contributed by atoms with Crippen molar-refractivity contribution in [3.8, 4) is 0 Å². The topological polar surface area (TPSA) is 78.2 Å². The Hall–Kier alpha value is -4.13. The van der Waals surface area contributed by atoms with Crippen molar-refractivity contribution >= 4 is 23.5 Å². The minimum absolute atomic E-state index is 0.00361. The average Bonchev–Trinajstić information content (AvgIpc) is 3.37. The predicted octanol–water partition coefficient (Wildman–Crippen LogP) is 5.49. The maximum absolute atomic E-state index is 13.8. The molecule has 7 nitrogen and oxygen atoms in total. The number of benzene rings is 2. The third-order valence-corrected chi connectivity index (χ3v) is 8.37. The Kier molecular flexibility index (Phi) is 7.17. The van der Waals surface area contributed by atoms with Crippen LogP contribution in [0.5, 0.6) is 0 Å². The van der Waals surface area contributed by atoms with Gasteiger partial charge in [0.25, 0.3) is 11.8 Å². The van der Waals surface area contributed by atoms with Gasteiger partial charge in [-0.1, -0.05) is 94.4 Å². The van der Waals surface area contributed by atoms with Crippen LogP contribution in [0.3, 0.4) is 0 Å². The summed E-state index contributed by atoms with van der Waals surface area (Å²) in [5.41, 5.74) is 1.41. The van der Waals surface area contributed by atoms with Crippen LogP contribution in [0, 0.1) is 11.8 Å². The molecule has 3 aromatic rings. The highest BCUT2D eigenvalue weighted by Crippen LogP contribution is 2.35. The van der Waals surface area contributed by atoms with E-state index in [-0.39, 0.29) is 23.7 Å². The summed E-state index contributed by atoms with van der Waals surface area (Å²) < 4.78 is 0. The zero-order chi connectivity index (χ0) is 28.7. The number of carbonyl (C=O) groups excluding carboxylic acids is 2. The second-order valence-electron chi connectivity index (χ2n) is 11.6. The smallest absolute Gasteiger partial charge is 0.256 e. The Morgan fingerprint density at radius 1 is 0.600 bits per heavy atom. The summed E-state index contributed by atoms with van der Waals surface area (Å²) in [5.74, 6) is 1.00. The van der Waals surface area contributed by atoms with Crippen LogP contribution in [0.15, 0.2) is 88.8 Å². The average molecular weight is 536 g/mol. The largest absolute Gasteiger partial charge is 0.289 e. The predicted molar refractivity (Wildman–Crippen MR) is 158 cm³/mol. The second-order valence-corrected chi connectivity index (χ2v) is 11.6. The highest BCUT2D eigenvalue weighted by molar-refractivity contribution is 6.16. The van der Waals surface area contributed by atoms with Crippen LogP contribution in [0.1, 0.15) is 64.1 Å². The summed E-state index contributed by atoms with van der Waals surface area (Å²) in [5, 5.41) is 0. The Morgan fingerprint density at radius 3 is 1.32 bits per heavy atom. The molecule has 206 valence electrons. The van der Waals surface area contributed by atoms with Crippen LogP contribution < -0.4 is 0 Å². The highest BCUT2D eigenvalue weighted by Gasteiger charge is 2.49. The van der Waals surface area contributed by atoms with Crippen LogP contribution in [0.2, 0.25) is 0 Å². The number of carbonyl (C=O) groups is 2. The molecular weight excluding hydrogens is 498 g/mol. The normalized spacial score (nSPS) is 22.9. The van der Waals surface area contributed by atoms with E-state index in [0.29, 0.717) is 36.1 Å². The van der Waals surface area contributed by atoms with Gasteiger partial charge in [-0.15, -0.1) is 0 Å². The van der Waals surface area contributed by atoms with E-state index in [1.807, 2.05) is 120 Å². The van der Waals surface area contributed by atoms with Crippen molar-refractivity contribution in [1.82, 2.24) is 14.8 Å². The van der Waals surface area contributed by atoms with Crippen LogP contribution in [0.4, 0.5) is 0 Å². The van der Waals surface area contributed by atoms with Crippen LogP contribution in [-0.4, -0.2) is 49.3 Å². The van der Waals surface area contributed by atoms with Gasteiger partial charge in [0.2, 0.25) is 0 Å². The van der Waals surface area contributed by atoms with E-state index >= 15 is 0 Å². The molecule has 0 radical (unpaired) electrons. The molecule has 2 unspecified atom stereocenters. The first-order chi connectivity index (χ1) is 19.0. The summed E-state index contributed by atoms with van der Waals surface area (Å²) in [6.45, 7) is 12.7. The molecule has 0 bridgehead atoms. The number of pyridine rings is 1. The standard InChI is InChI=1S/C33H37N5O2/c1-22(2)32(5)30(39)37(20-24-14-9-7-10-15-24)28(35-32)26-18-13-19-27(34-26)29-36-33(6,23(3)4)31(40)38(29)21-25-16-11-8-12-17-25/h7-19,22-23H,20-21H2,1-6H3. The lowest BCUT2D eigenvalue weighted by Crippen LogP contribution is -2.44. The maximum atomic E-state index is 13.8. The number of rotatable bonds is 8. The van der Waals surface area contributed by atoms with Crippen molar-refractivity contribution in [2.75, 3.05) is 0 Å². The number of amides is 2. The first-order valence-corrected chi connectivity index (χ1v) is 13.9. The molecule has 0 fully saturated rings. The van der Waals surface area contributed by atoms with Crippen LogP contribution >= 0.6 is 0 Å². The van der Waals surface area contributed by atoms with Gasteiger partial charge in [0.05, 0.1) is 13.1 Å². The lowest BCUT2D eigenvalue weighted by Gasteiger charge is -2.26. The molecule has 1 aromatic heterocycles. The van der Waals surface area contributed by atoms with Crippen molar-refractivity contribution < 1.29 is 9.59 Å². The fourth-order valence-corrected chi connectivity index (χ4v) is 5.05. The number of amidine groups is 2. The van der Waals surface area contributed by atoms with Crippen LogP contribution in [0.25, 0.3) is 0 Å². The molecule has 2 aromatic carbocycles. The third kappa shape index (κ3) is 4.74. The van der Waals surface area contributed by atoms with Gasteiger partial charge in [-0.3, -0.25) is 19.4 Å². The van der Waals surface area contributed by atoms with Crippen molar-refractivity contribution in [1.29, 1.82) is 0 Å². The molecular formula is C33H37N5O2. The van der Waals surface area contributed by atoms with Crippen molar-refractivity contribution in [3.63, 3.8) is 0 Å². The Labute approximate surface area is 236 Å². The quantitative estimate of drug-likeness (QED) is 0.383. The third-order valence-electron chi connectivity index (χ3n) is 8.37. The van der Waals surface area contributed by atoms with E-state index in [9.17, 15) is 9.59 Å². The maximum Gasteiger partial charge on any atom is 0.256 e. The minimum atomic E-state index is -0.891. The van der Waals surface area contributed by atoms with E-state index < -0.39 is 11.1 Å². The lowest BCUT2D eigenvalue weighted by molar-refractivity contribution is -0.133. The number of aliphatic imine (C=N–C) groups is 2. The zero-order valence-corrected chi connectivity index (χ0v) is 24.1. The minimum Gasteiger partial charge on any atom is -0.289 e. The van der Waals surface area contributed by atoms with Gasteiger partial charge < -0.3 is 0 Å². The molecule has 2 aliphatic heterocycles. The van der Waals surface area contributed by atoms with Gasteiger partial charge >= 0.3 is 0 Å². The van der Waals surface area contributed by atoms with Gasteiger partial charge in [-0.05, 0) is 48.9 Å².